The van der Waals surface area contributed by atoms with E-state index in [0.29, 0.717) is 0 Å². The van der Waals surface area contributed by atoms with E-state index in [0.717, 1.165) is 17.0 Å². The molecular formula is C28H29Cl3F3N3O4. The van der Waals surface area contributed by atoms with Crippen molar-refractivity contribution in [3.63, 3.8) is 0 Å². The Bertz CT molecular complexity index is 1380. The number of benzene rings is 2. The number of amides is 1. The molecule has 2 fully saturated rings. The number of aliphatic carboxylic acids is 1. The largest absolute Gasteiger partial charge is 0.481 e. The minimum atomic E-state index is -3.37. The molecule has 0 aromatic heterocycles. The van der Waals surface area contributed by atoms with Gasteiger partial charge < -0.3 is 20.1 Å². The fourth-order valence-corrected chi connectivity index (χ4v) is 7.03. The Hall–Kier alpha value is -2.53. The summed E-state index contributed by atoms with van der Waals surface area (Å²) in [7, 11) is 1.42. The molecule has 2 aliphatic heterocycles. The summed E-state index contributed by atoms with van der Waals surface area (Å²) < 4.78 is 44.9. The summed E-state index contributed by atoms with van der Waals surface area (Å²) in [5.74, 6) is -10.2. The fraction of sp³-hybridized carbons (Fsp3) is 0.464. The fourth-order valence-electron chi connectivity index (χ4n) is 6.21. The van der Waals surface area contributed by atoms with E-state index >= 15 is 8.78 Å². The van der Waals surface area contributed by atoms with Gasteiger partial charge in [0.05, 0.1) is 29.1 Å². The molecule has 2 heterocycles. The normalized spacial score (nSPS) is 25.6. The molecule has 2 aromatic rings. The first-order valence-electron chi connectivity index (χ1n) is 12.7. The van der Waals surface area contributed by atoms with Crippen LogP contribution in [0.25, 0.3) is 0 Å². The highest BCUT2D eigenvalue weighted by atomic mass is 35.5. The molecule has 2 saturated heterocycles. The van der Waals surface area contributed by atoms with Crippen LogP contribution in [-0.2, 0) is 19.9 Å². The molecule has 0 saturated carbocycles. The molecule has 4 atom stereocenters. The van der Waals surface area contributed by atoms with Crippen LogP contribution in [0, 0.1) is 23.1 Å². The van der Waals surface area contributed by atoms with Gasteiger partial charge in [0.2, 0.25) is 5.91 Å². The molecule has 2 aromatic carbocycles. The van der Waals surface area contributed by atoms with Gasteiger partial charge >= 0.3 is 5.97 Å². The number of fused-ring (bicyclic) bond motifs is 1. The van der Waals surface area contributed by atoms with Crippen molar-refractivity contribution in [2.75, 3.05) is 30.4 Å². The van der Waals surface area contributed by atoms with Crippen LogP contribution in [0.4, 0.5) is 24.5 Å². The molecule has 2 N–H and O–H groups in total. The number of nitrogens with one attached hydrogen (secondary N) is 1. The average molecular weight is 635 g/mol. The number of anilines is 2. The van der Waals surface area contributed by atoms with Gasteiger partial charge in [-0.05, 0) is 35.7 Å². The molecule has 222 valence electrons. The molecule has 2 aliphatic rings. The van der Waals surface area contributed by atoms with Gasteiger partial charge in [-0.25, -0.2) is 13.2 Å². The standard InChI is InChI=1S/C28H29Cl3F3N3O4/c1-26(2,3)11-36(17-6-14(29)5-15(30)7-17)24(39)21-20-10-27(33,34)12-37(20)28(13-38,22(21)25(40)41)18-8-16(32)9-19(31)23(18)35-4/h5-9,13,20-22,35H,10-12H2,1-4H3,(H,40,41)/t20-,21?,22-,28+/m0/s1. The molecule has 1 unspecified atom stereocenters. The third kappa shape index (κ3) is 5.63. The Morgan fingerprint density at radius 2 is 1.76 bits per heavy atom. The monoisotopic (exact) mass is 633 g/mol. The second kappa shape index (κ2) is 10.9. The van der Waals surface area contributed by atoms with Gasteiger partial charge in [0.25, 0.3) is 5.92 Å². The molecule has 13 heteroatoms. The number of rotatable bonds is 7. The van der Waals surface area contributed by atoms with Crippen LogP contribution in [0.3, 0.4) is 0 Å². The van der Waals surface area contributed by atoms with Crippen molar-refractivity contribution in [1.29, 1.82) is 0 Å². The summed E-state index contributed by atoms with van der Waals surface area (Å²) in [5, 5.41) is 13.5. The molecular weight excluding hydrogens is 606 g/mol. The summed E-state index contributed by atoms with van der Waals surface area (Å²) >= 11 is 18.7. The maximum Gasteiger partial charge on any atom is 0.310 e. The number of halogens is 6. The highest BCUT2D eigenvalue weighted by Gasteiger charge is 2.71. The predicted octanol–water partition coefficient (Wildman–Crippen LogP) is 6.34. The number of carboxylic acid groups (broad SMARTS) is 1. The average Bonchev–Trinajstić information content (AvgIpc) is 3.29. The van der Waals surface area contributed by atoms with E-state index in [1.165, 1.54) is 30.1 Å². The van der Waals surface area contributed by atoms with E-state index < -0.39 is 65.4 Å². The summed E-state index contributed by atoms with van der Waals surface area (Å²) in [6, 6.07) is 4.83. The van der Waals surface area contributed by atoms with Crippen LogP contribution in [0.5, 0.6) is 0 Å². The number of carbonyl (C=O) groups excluding carboxylic acids is 2. The second-order valence-corrected chi connectivity index (χ2v) is 13.0. The molecule has 41 heavy (non-hydrogen) atoms. The van der Waals surface area contributed by atoms with Crippen LogP contribution in [0.1, 0.15) is 32.8 Å². The van der Waals surface area contributed by atoms with Crippen molar-refractivity contribution in [2.24, 2.45) is 17.3 Å². The molecule has 0 spiro atoms. The third-order valence-corrected chi connectivity index (χ3v) is 8.29. The number of aldehydes is 1. The number of carbonyl (C=O) groups is 3. The van der Waals surface area contributed by atoms with E-state index in [2.05, 4.69) is 5.32 Å². The molecule has 1 amide bonds. The predicted molar refractivity (Wildman–Crippen MR) is 152 cm³/mol. The number of hydrogen-bond acceptors (Lipinski definition) is 5. The zero-order chi connectivity index (χ0) is 30.7. The molecule has 4 rings (SSSR count). The van der Waals surface area contributed by atoms with E-state index in [-0.39, 0.29) is 44.8 Å². The summed E-state index contributed by atoms with van der Waals surface area (Å²) in [5.41, 5.74) is -2.94. The Kier molecular flexibility index (Phi) is 8.39. The molecule has 0 aliphatic carbocycles. The van der Waals surface area contributed by atoms with Gasteiger partial charge in [-0.15, -0.1) is 0 Å². The highest BCUT2D eigenvalue weighted by molar-refractivity contribution is 6.35. The second-order valence-electron chi connectivity index (χ2n) is 11.7. The zero-order valence-electron chi connectivity index (χ0n) is 22.7. The number of nitrogens with zero attached hydrogens (tertiary/aromatic N) is 2. The Balaban J connectivity index is 2.00. The minimum Gasteiger partial charge on any atom is -0.481 e. The van der Waals surface area contributed by atoms with E-state index in [4.69, 9.17) is 34.8 Å². The molecule has 0 bridgehead atoms. The minimum absolute atomic E-state index is 0.0124. The Morgan fingerprint density at radius 1 is 1.15 bits per heavy atom. The maximum absolute atomic E-state index is 15.1. The lowest BCUT2D eigenvalue weighted by Crippen LogP contribution is -2.52. The SMILES string of the molecule is CNc1c(Cl)cc(F)cc1[C@]1(C=O)[C@H](C(=O)O)C(C(=O)N(CC(C)(C)C)c2cc(Cl)cc(Cl)c2)[C@@H]2CC(F)(F)CN21. The maximum atomic E-state index is 15.1. The van der Waals surface area contributed by atoms with Crippen LogP contribution in [0.15, 0.2) is 30.3 Å². The first-order valence-corrected chi connectivity index (χ1v) is 13.9. The van der Waals surface area contributed by atoms with Crippen molar-refractivity contribution in [2.45, 2.75) is 44.7 Å². The van der Waals surface area contributed by atoms with Gasteiger partial charge in [-0.3, -0.25) is 14.5 Å². The van der Waals surface area contributed by atoms with Gasteiger partial charge in [-0.1, -0.05) is 55.6 Å². The smallest absolute Gasteiger partial charge is 0.310 e. The van der Waals surface area contributed by atoms with E-state index in [1.54, 1.807) is 0 Å². The van der Waals surface area contributed by atoms with Crippen molar-refractivity contribution >= 4 is 64.3 Å². The van der Waals surface area contributed by atoms with Gasteiger partial charge in [0.15, 0.2) is 0 Å². The quantitative estimate of drug-likeness (QED) is 0.346. The first-order chi connectivity index (χ1) is 19.0. The number of carboxylic acids is 1. The van der Waals surface area contributed by atoms with Gasteiger partial charge in [-0.2, -0.15) is 0 Å². The van der Waals surface area contributed by atoms with Crippen LogP contribution in [0.2, 0.25) is 15.1 Å². The third-order valence-electron chi connectivity index (χ3n) is 7.56. The lowest BCUT2D eigenvalue weighted by Gasteiger charge is -2.38. The number of alkyl halides is 2. The van der Waals surface area contributed by atoms with Crippen molar-refractivity contribution in [1.82, 2.24) is 4.90 Å². The van der Waals surface area contributed by atoms with Crippen LogP contribution in [-0.4, -0.2) is 60.3 Å². The molecule has 0 radical (unpaired) electrons. The van der Waals surface area contributed by atoms with Crippen molar-refractivity contribution in [3.05, 3.63) is 56.8 Å². The Morgan fingerprint density at radius 3 is 2.27 bits per heavy atom. The lowest BCUT2D eigenvalue weighted by molar-refractivity contribution is -0.152. The van der Waals surface area contributed by atoms with Crippen molar-refractivity contribution < 1.29 is 32.7 Å². The first kappa shape index (κ1) is 31.4. The van der Waals surface area contributed by atoms with Gasteiger partial charge in [0.1, 0.15) is 17.6 Å². The number of hydrogen-bond donors (Lipinski definition) is 2. The van der Waals surface area contributed by atoms with Gasteiger partial charge in [0, 0.05) is 47.4 Å². The van der Waals surface area contributed by atoms with Crippen LogP contribution < -0.4 is 10.2 Å². The summed E-state index contributed by atoms with van der Waals surface area (Å²) in [6.07, 6.45) is -0.676. The van der Waals surface area contributed by atoms with Crippen LogP contribution >= 0.6 is 34.8 Å². The van der Waals surface area contributed by atoms with E-state index in [9.17, 15) is 23.9 Å². The Labute approximate surface area is 250 Å². The van der Waals surface area contributed by atoms with E-state index in [1.807, 2.05) is 20.8 Å². The summed E-state index contributed by atoms with van der Waals surface area (Å²) in [4.78, 5) is 43.0. The summed E-state index contributed by atoms with van der Waals surface area (Å²) in [6.45, 7) is 4.52. The topological polar surface area (TPSA) is 89.9 Å². The lowest BCUT2D eigenvalue weighted by atomic mass is 9.73. The zero-order valence-corrected chi connectivity index (χ0v) is 24.9. The highest BCUT2D eigenvalue weighted by Crippen LogP contribution is 2.57. The van der Waals surface area contributed by atoms with Crippen molar-refractivity contribution in [3.8, 4) is 0 Å². The molecule has 7 nitrogen and oxygen atoms in total.